The van der Waals surface area contributed by atoms with E-state index in [4.69, 9.17) is 9.47 Å². The van der Waals surface area contributed by atoms with Crippen LogP contribution in [-0.2, 0) is 14.8 Å². The maximum Gasteiger partial charge on any atom is 0.260 e. The van der Waals surface area contributed by atoms with Gasteiger partial charge in [-0.15, -0.1) is 0 Å². The highest BCUT2D eigenvalue weighted by Crippen LogP contribution is 2.28. The van der Waals surface area contributed by atoms with Gasteiger partial charge in [0, 0.05) is 0 Å². The van der Waals surface area contributed by atoms with Gasteiger partial charge in [0.1, 0.15) is 13.2 Å². The van der Waals surface area contributed by atoms with Crippen molar-refractivity contribution in [3.8, 4) is 11.5 Å². The highest BCUT2D eigenvalue weighted by molar-refractivity contribution is 7.92. The summed E-state index contributed by atoms with van der Waals surface area (Å²) in [7, 11) is -3.66. The Morgan fingerprint density at radius 1 is 1.12 bits per heavy atom. The minimum Gasteiger partial charge on any atom is -0.490 e. The molecule has 0 spiro atoms. The Bertz CT molecular complexity index is 1100. The van der Waals surface area contributed by atoms with Crippen LogP contribution in [0, 0.1) is 13.8 Å². The molecule has 32 heavy (non-hydrogen) atoms. The minimum absolute atomic E-state index is 0.348. The number of carbonyl (C=O) groups is 1. The molecule has 2 aromatic carbocycles. The van der Waals surface area contributed by atoms with Crippen LogP contribution in [0.15, 0.2) is 54.2 Å². The molecule has 0 fully saturated rings. The van der Waals surface area contributed by atoms with Crippen molar-refractivity contribution >= 4 is 27.8 Å². The van der Waals surface area contributed by atoms with Gasteiger partial charge in [-0.2, -0.15) is 5.10 Å². The highest BCUT2D eigenvalue weighted by Gasteiger charge is 2.21. The molecule has 0 saturated carbocycles. The van der Waals surface area contributed by atoms with Crippen molar-refractivity contribution in [1.82, 2.24) is 5.43 Å². The number of rotatable bonds is 11. The van der Waals surface area contributed by atoms with E-state index in [1.54, 1.807) is 36.4 Å². The fourth-order valence-electron chi connectivity index (χ4n) is 2.77. The molecule has 2 rings (SSSR count). The molecule has 9 heteroatoms. The van der Waals surface area contributed by atoms with Crippen molar-refractivity contribution in [3.63, 3.8) is 0 Å². The average Bonchev–Trinajstić information content (AvgIpc) is 2.73. The Hall–Kier alpha value is -3.33. The van der Waals surface area contributed by atoms with Gasteiger partial charge in [-0.1, -0.05) is 18.7 Å². The van der Waals surface area contributed by atoms with Gasteiger partial charge in [0.05, 0.1) is 24.8 Å². The van der Waals surface area contributed by atoms with Gasteiger partial charge < -0.3 is 9.47 Å². The van der Waals surface area contributed by atoms with E-state index < -0.39 is 22.5 Å². The monoisotopic (exact) mass is 459 g/mol. The Morgan fingerprint density at radius 2 is 1.88 bits per heavy atom. The molecule has 0 bridgehead atoms. The van der Waals surface area contributed by atoms with Crippen molar-refractivity contribution in [2.24, 2.45) is 5.10 Å². The molecule has 0 radical (unpaired) electrons. The summed E-state index contributed by atoms with van der Waals surface area (Å²) >= 11 is 0. The number of hydrogen-bond donors (Lipinski definition) is 1. The first-order valence-electron chi connectivity index (χ1n) is 10.0. The van der Waals surface area contributed by atoms with E-state index in [0.29, 0.717) is 36.0 Å². The van der Waals surface area contributed by atoms with E-state index in [1.165, 1.54) is 6.21 Å². The number of sulfonamides is 1. The van der Waals surface area contributed by atoms with Crippen LogP contribution in [0.5, 0.6) is 11.5 Å². The largest absolute Gasteiger partial charge is 0.490 e. The maximum absolute atomic E-state index is 12.4. The fraction of sp³-hybridized carbons (Fsp3) is 0.304. The molecule has 0 unspecified atom stereocenters. The number of carbonyl (C=O) groups excluding carboxylic acids is 1. The van der Waals surface area contributed by atoms with Crippen LogP contribution in [0.2, 0.25) is 0 Å². The number of anilines is 1. The van der Waals surface area contributed by atoms with Crippen molar-refractivity contribution < 1.29 is 22.7 Å². The second-order valence-electron chi connectivity index (χ2n) is 7.07. The van der Waals surface area contributed by atoms with Crippen LogP contribution in [0.3, 0.4) is 0 Å². The van der Waals surface area contributed by atoms with Crippen LogP contribution in [0.1, 0.15) is 23.6 Å². The number of ether oxygens (including phenoxy) is 2. The molecule has 1 N–H and O–H groups in total. The van der Waals surface area contributed by atoms with Gasteiger partial charge in [0.25, 0.3) is 5.91 Å². The summed E-state index contributed by atoms with van der Waals surface area (Å²) in [5, 5.41) is 3.94. The first-order valence-corrected chi connectivity index (χ1v) is 11.9. The van der Waals surface area contributed by atoms with Crippen LogP contribution >= 0.6 is 0 Å². The van der Waals surface area contributed by atoms with Crippen LogP contribution < -0.4 is 19.2 Å². The number of benzene rings is 2. The predicted molar refractivity (Wildman–Crippen MR) is 127 cm³/mol. The van der Waals surface area contributed by atoms with E-state index >= 15 is 0 Å². The maximum atomic E-state index is 12.4. The Labute approximate surface area is 189 Å². The Balaban J connectivity index is 2.10. The van der Waals surface area contributed by atoms with Gasteiger partial charge in [0.15, 0.2) is 11.5 Å². The SMILES string of the molecule is C=CCOc1ccc(/C=N\NC(=O)CN(c2ccc(C)c(C)c2)S(C)(=O)=O)cc1OCC. The number of hydrogen-bond acceptors (Lipinski definition) is 6. The lowest BCUT2D eigenvalue weighted by Crippen LogP contribution is -2.39. The lowest BCUT2D eigenvalue weighted by Gasteiger charge is -2.22. The second kappa shape index (κ2) is 11.3. The number of nitrogens with zero attached hydrogens (tertiary/aromatic N) is 2. The average molecular weight is 460 g/mol. The smallest absolute Gasteiger partial charge is 0.260 e. The lowest BCUT2D eigenvalue weighted by molar-refractivity contribution is -0.119. The van der Waals surface area contributed by atoms with E-state index in [2.05, 4.69) is 17.1 Å². The first-order chi connectivity index (χ1) is 15.2. The summed E-state index contributed by atoms with van der Waals surface area (Å²) in [5.74, 6) is 0.550. The number of hydrazone groups is 1. The van der Waals surface area contributed by atoms with Gasteiger partial charge in [-0.05, 0) is 67.8 Å². The molecule has 0 aliphatic rings. The molecule has 0 saturated heterocycles. The van der Waals surface area contributed by atoms with Crippen molar-refractivity contribution in [1.29, 1.82) is 0 Å². The molecule has 8 nitrogen and oxygen atoms in total. The van der Waals surface area contributed by atoms with Gasteiger partial charge in [-0.3, -0.25) is 9.10 Å². The third-order valence-corrected chi connectivity index (χ3v) is 5.63. The zero-order valence-electron chi connectivity index (χ0n) is 18.8. The zero-order chi connectivity index (χ0) is 23.7. The van der Waals surface area contributed by atoms with Crippen LogP contribution in [-0.4, -0.2) is 46.6 Å². The molecule has 0 aliphatic carbocycles. The van der Waals surface area contributed by atoms with Crippen LogP contribution in [0.4, 0.5) is 5.69 Å². The number of amides is 1. The second-order valence-corrected chi connectivity index (χ2v) is 8.98. The van der Waals surface area contributed by atoms with Crippen molar-refractivity contribution in [2.75, 3.05) is 30.3 Å². The molecule has 0 aliphatic heterocycles. The molecule has 0 atom stereocenters. The predicted octanol–water partition coefficient (Wildman–Crippen LogP) is 3.18. The van der Waals surface area contributed by atoms with E-state index in [0.717, 1.165) is 21.7 Å². The summed E-state index contributed by atoms with van der Waals surface area (Å²) in [5.41, 5.74) is 5.43. The number of aryl methyl sites for hydroxylation is 2. The molecular formula is C23H29N3O5S. The van der Waals surface area contributed by atoms with Crippen molar-refractivity contribution in [2.45, 2.75) is 20.8 Å². The third kappa shape index (κ3) is 7.12. The standard InChI is InChI=1S/C23H29N3O5S/c1-6-12-31-21-11-9-19(14-22(21)30-7-2)15-24-25-23(27)16-26(32(5,28)29)20-10-8-17(3)18(4)13-20/h6,8-11,13-15H,1,7,12,16H2,2-5H3,(H,25,27)/b24-15-. The third-order valence-electron chi connectivity index (χ3n) is 4.49. The summed E-state index contributed by atoms with van der Waals surface area (Å²) < 4.78 is 36.7. The molecule has 0 heterocycles. The molecular weight excluding hydrogens is 430 g/mol. The van der Waals surface area contributed by atoms with Gasteiger partial charge in [0.2, 0.25) is 10.0 Å². The molecule has 2 aromatic rings. The summed E-state index contributed by atoms with van der Waals surface area (Å²) in [6, 6.07) is 10.5. The normalized spacial score (nSPS) is 11.2. The van der Waals surface area contributed by atoms with E-state index in [9.17, 15) is 13.2 Å². The van der Waals surface area contributed by atoms with E-state index in [-0.39, 0.29) is 0 Å². The summed E-state index contributed by atoms with van der Waals surface area (Å²) in [4.78, 5) is 12.4. The molecule has 0 aromatic heterocycles. The Kier molecular flexibility index (Phi) is 8.83. The fourth-order valence-corrected chi connectivity index (χ4v) is 3.61. The number of nitrogens with one attached hydrogen (secondary N) is 1. The lowest BCUT2D eigenvalue weighted by atomic mass is 10.1. The van der Waals surface area contributed by atoms with Gasteiger partial charge >= 0.3 is 0 Å². The topological polar surface area (TPSA) is 97.3 Å². The van der Waals surface area contributed by atoms with Gasteiger partial charge in [-0.25, -0.2) is 13.8 Å². The van der Waals surface area contributed by atoms with E-state index in [1.807, 2.05) is 26.8 Å². The molecule has 1 amide bonds. The summed E-state index contributed by atoms with van der Waals surface area (Å²) in [6.45, 7) is 9.71. The van der Waals surface area contributed by atoms with Crippen LogP contribution in [0.25, 0.3) is 0 Å². The quantitative estimate of drug-likeness (QED) is 0.316. The Morgan fingerprint density at radius 3 is 2.50 bits per heavy atom. The zero-order valence-corrected chi connectivity index (χ0v) is 19.6. The first kappa shape index (κ1) is 24.9. The minimum atomic E-state index is -3.66. The highest BCUT2D eigenvalue weighted by atomic mass is 32.2. The molecule has 172 valence electrons. The summed E-state index contributed by atoms with van der Waals surface area (Å²) in [6.07, 6.45) is 4.14. The van der Waals surface area contributed by atoms with Crippen molar-refractivity contribution in [3.05, 3.63) is 65.7 Å².